The molecule has 0 aromatic carbocycles. The van der Waals surface area contributed by atoms with E-state index in [0.717, 1.165) is 10.0 Å². The minimum Gasteiger partial charge on any atom is -0.380 e. The van der Waals surface area contributed by atoms with Gasteiger partial charge in [-0.15, -0.1) is 0 Å². The van der Waals surface area contributed by atoms with Crippen molar-refractivity contribution in [2.24, 2.45) is 0 Å². The van der Waals surface area contributed by atoms with Gasteiger partial charge in [0.05, 0.1) is 0 Å². The van der Waals surface area contributed by atoms with E-state index in [-0.39, 0.29) is 0 Å². The third kappa shape index (κ3) is 1.38. The second kappa shape index (κ2) is 3.16. The molecule has 2 rings (SSSR count). The summed E-state index contributed by atoms with van der Waals surface area (Å²) in [5.41, 5.74) is 7.76. The summed E-state index contributed by atoms with van der Waals surface area (Å²) in [7, 11) is 0. The Balaban J connectivity index is 2.59. The fraction of sp³-hybridized carbons (Fsp3) is 0.125. The van der Waals surface area contributed by atoms with Crippen LogP contribution in [-0.2, 0) is 0 Å². The van der Waals surface area contributed by atoms with Crippen LogP contribution in [0.25, 0.3) is 11.3 Å². The Morgan fingerprint density at radius 2 is 2.31 bits per heavy atom. The van der Waals surface area contributed by atoms with Crippen molar-refractivity contribution in [3.8, 4) is 11.3 Å². The molecule has 0 atom stereocenters. The monoisotopic (exact) mass is 258 g/mol. The summed E-state index contributed by atoms with van der Waals surface area (Å²) >= 11 is 4.96. The molecule has 0 radical (unpaired) electrons. The summed E-state index contributed by atoms with van der Waals surface area (Å²) in [6, 6.07) is 0. The quantitative estimate of drug-likeness (QED) is 0.856. The van der Waals surface area contributed by atoms with Gasteiger partial charge in [-0.1, -0.05) is 5.16 Å². The molecule has 0 unspecified atom stereocenters. The van der Waals surface area contributed by atoms with Gasteiger partial charge in [-0.2, -0.15) is 11.3 Å². The maximum Gasteiger partial charge on any atom is 0.184 e. The highest BCUT2D eigenvalue weighted by Crippen LogP contribution is 2.35. The minimum absolute atomic E-state index is 0.389. The molecule has 0 amide bonds. The number of hydrogen-bond acceptors (Lipinski definition) is 4. The van der Waals surface area contributed by atoms with Crippen LogP contribution in [0.5, 0.6) is 0 Å². The summed E-state index contributed by atoms with van der Waals surface area (Å²) < 4.78 is 5.84. The van der Waals surface area contributed by atoms with Gasteiger partial charge >= 0.3 is 0 Å². The van der Waals surface area contributed by atoms with Gasteiger partial charge < -0.3 is 10.3 Å². The summed E-state index contributed by atoms with van der Waals surface area (Å²) in [6.45, 7) is 2.02. The van der Waals surface area contributed by atoms with Gasteiger partial charge in [0, 0.05) is 10.9 Å². The van der Waals surface area contributed by atoms with Crippen molar-refractivity contribution < 1.29 is 4.52 Å². The lowest BCUT2D eigenvalue weighted by molar-refractivity contribution is 0.435. The van der Waals surface area contributed by atoms with Gasteiger partial charge in [-0.05, 0) is 33.8 Å². The van der Waals surface area contributed by atoms with Crippen LogP contribution >= 0.6 is 27.3 Å². The van der Waals surface area contributed by atoms with Crippen LogP contribution in [0.3, 0.4) is 0 Å². The summed E-state index contributed by atoms with van der Waals surface area (Å²) in [5.74, 6) is 1.09. The molecule has 0 fully saturated rings. The number of thiophene rings is 1. The zero-order chi connectivity index (χ0) is 9.42. The van der Waals surface area contributed by atoms with Gasteiger partial charge in [0.2, 0.25) is 0 Å². The summed E-state index contributed by atoms with van der Waals surface area (Å²) in [4.78, 5) is 0. The van der Waals surface area contributed by atoms with Gasteiger partial charge in [-0.3, -0.25) is 0 Å². The molecule has 2 N–H and O–H groups in total. The number of nitrogens with zero attached hydrogens (tertiary/aromatic N) is 1. The molecule has 2 aromatic heterocycles. The molecule has 3 nitrogen and oxygen atoms in total. The normalized spacial score (nSPS) is 10.6. The predicted octanol–water partition coefficient (Wildman–Crippen LogP) is 3.06. The van der Waals surface area contributed by atoms with Crippen LogP contribution in [0.4, 0.5) is 5.82 Å². The van der Waals surface area contributed by atoms with E-state index in [4.69, 9.17) is 10.3 Å². The van der Waals surface area contributed by atoms with Crippen LogP contribution < -0.4 is 5.73 Å². The summed E-state index contributed by atoms with van der Waals surface area (Å²) in [6.07, 6.45) is 0. The van der Waals surface area contributed by atoms with Crippen molar-refractivity contribution in [2.45, 2.75) is 6.92 Å². The predicted molar refractivity (Wildman–Crippen MR) is 56.7 cm³/mol. The van der Waals surface area contributed by atoms with E-state index in [2.05, 4.69) is 26.5 Å². The molecule has 0 bridgehead atoms. The molecule has 5 heteroatoms. The second-order valence-electron chi connectivity index (χ2n) is 2.68. The van der Waals surface area contributed by atoms with Crippen LogP contribution in [0.1, 0.15) is 5.56 Å². The first kappa shape index (κ1) is 8.77. The van der Waals surface area contributed by atoms with E-state index < -0.39 is 0 Å². The van der Waals surface area contributed by atoms with E-state index in [1.807, 2.05) is 12.3 Å². The molecule has 0 saturated heterocycles. The highest BCUT2D eigenvalue weighted by molar-refractivity contribution is 9.10. The first-order valence-electron chi connectivity index (χ1n) is 3.64. The number of anilines is 1. The molecule has 0 aliphatic rings. The van der Waals surface area contributed by atoms with Crippen LogP contribution in [0.15, 0.2) is 19.8 Å². The van der Waals surface area contributed by atoms with E-state index >= 15 is 0 Å². The number of aryl methyl sites for hydroxylation is 1. The number of nitrogen functional groups attached to an aromatic ring is 1. The lowest BCUT2D eigenvalue weighted by Crippen LogP contribution is -1.83. The maximum atomic E-state index is 5.55. The van der Waals surface area contributed by atoms with Crippen LogP contribution in [0, 0.1) is 6.92 Å². The molecule has 13 heavy (non-hydrogen) atoms. The van der Waals surface area contributed by atoms with Crippen molar-refractivity contribution >= 4 is 33.1 Å². The summed E-state index contributed by atoms with van der Waals surface area (Å²) in [5, 5.41) is 7.74. The molecule has 2 aromatic rings. The smallest absolute Gasteiger partial charge is 0.184 e. The first-order valence-corrected chi connectivity index (χ1v) is 5.37. The minimum atomic E-state index is 0.389. The Morgan fingerprint density at radius 3 is 2.77 bits per heavy atom. The lowest BCUT2D eigenvalue weighted by atomic mass is 10.2. The van der Waals surface area contributed by atoms with Crippen LogP contribution in [-0.4, -0.2) is 5.16 Å². The Kier molecular flexibility index (Phi) is 2.13. The highest BCUT2D eigenvalue weighted by atomic mass is 79.9. The third-order valence-corrected chi connectivity index (χ3v) is 3.39. The molecule has 68 valence electrons. The Morgan fingerprint density at radius 1 is 1.54 bits per heavy atom. The van der Waals surface area contributed by atoms with Crippen molar-refractivity contribution in [1.82, 2.24) is 5.16 Å². The maximum absolute atomic E-state index is 5.55. The third-order valence-electron chi connectivity index (χ3n) is 1.76. The van der Waals surface area contributed by atoms with Crippen molar-refractivity contribution in [2.75, 3.05) is 5.73 Å². The Bertz CT molecular complexity index is 435. The molecule has 0 aliphatic carbocycles. The number of halogens is 1. The fourth-order valence-corrected chi connectivity index (χ4v) is 2.24. The van der Waals surface area contributed by atoms with Crippen LogP contribution in [0.2, 0.25) is 0 Å². The van der Waals surface area contributed by atoms with E-state index in [1.165, 1.54) is 5.56 Å². The number of nitrogens with two attached hydrogens (primary N) is 1. The Hall–Kier alpha value is -0.810. The topological polar surface area (TPSA) is 52.0 Å². The van der Waals surface area contributed by atoms with Gasteiger partial charge in [0.1, 0.15) is 4.47 Å². The van der Waals surface area contributed by atoms with E-state index in [9.17, 15) is 0 Å². The van der Waals surface area contributed by atoms with Gasteiger partial charge in [-0.25, -0.2) is 0 Å². The van der Waals surface area contributed by atoms with Crippen molar-refractivity contribution in [3.63, 3.8) is 0 Å². The first-order chi connectivity index (χ1) is 6.20. The largest absolute Gasteiger partial charge is 0.380 e. The highest BCUT2D eigenvalue weighted by Gasteiger charge is 2.15. The zero-order valence-corrected chi connectivity index (χ0v) is 9.28. The molecular formula is C8H7BrN2OS. The lowest BCUT2D eigenvalue weighted by Gasteiger charge is -1.93. The number of rotatable bonds is 1. The molecule has 0 saturated carbocycles. The average Bonchev–Trinajstić information content (AvgIpc) is 2.62. The Labute approximate surface area is 87.7 Å². The molecular weight excluding hydrogens is 252 g/mol. The zero-order valence-electron chi connectivity index (χ0n) is 6.87. The molecule has 0 spiro atoms. The number of aromatic nitrogens is 1. The molecule has 0 aliphatic heterocycles. The number of hydrogen-bond donors (Lipinski definition) is 1. The van der Waals surface area contributed by atoms with E-state index in [1.54, 1.807) is 11.3 Å². The van der Waals surface area contributed by atoms with Crippen molar-refractivity contribution in [3.05, 3.63) is 20.8 Å². The van der Waals surface area contributed by atoms with Gasteiger partial charge in [0.25, 0.3) is 0 Å². The second-order valence-corrected chi connectivity index (χ2v) is 4.22. The molecule has 2 heterocycles. The fourth-order valence-electron chi connectivity index (χ4n) is 1.05. The SMILES string of the molecule is Cc1cscc1-c1onc(N)c1Br. The van der Waals surface area contributed by atoms with E-state index in [0.29, 0.717) is 11.6 Å². The standard InChI is InChI=1S/C8H7BrN2OS/c1-4-2-13-3-5(4)7-6(9)8(10)11-12-7/h2-3H,1H3,(H2,10,11). The van der Waals surface area contributed by atoms with Crippen molar-refractivity contribution in [1.29, 1.82) is 0 Å². The average molecular weight is 259 g/mol. The van der Waals surface area contributed by atoms with Gasteiger partial charge in [0.15, 0.2) is 11.6 Å².